The van der Waals surface area contributed by atoms with E-state index in [2.05, 4.69) is 10.0 Å². The number of hydrogen-bond donors (Lipinski definition) is 2. The fraction of sp³-hybridized carbons (Fsp3) is 0.571. The fourth-order valence-electron chi connectivity index (χ4n) is 2.47. The van der Waals surface area contributed by atoms with Gasteiger partial charge < -0.3 is 5.32 Å². The topological polar surface area (TPSA) is 58.2 Å². The third-order valence-electron chi connectivity index (χ3n) is 3.95. The first-order valence-corrected chi connectivity index (χ1v) is 8.27. The summed E-state index contributed by atoms with van der Waals surface area (Å²) in [6, 6.07) is 7.06. The number of sulfonamides is 1. The predicted molar refractivity (Wildman–Crippen MR) is 76.4 cm³/mol. The summed E-state index contributed by atoms with van der Waals surface area (Å²) in [6.07, 6.45) is 3.85. The van der Waals surface area contributed by atoms with Crippen LogP contribution in [0.3, 0.4) is 0 Å². The van der Waals surface area contributed by atoms with E-state index < -0.39 is 10.0 Å². The molecule has 5 heteroatoms. The summed E-state index contributed by atoms with van der Waals surface area (Å²) >= 11 is 0. The van der Waals surface area contributed by atoms with Crippen molar-refractivity contribution in [2.45, 2.75) is 49.6 Å². The van der Waals surface area contributed by atoms with E-state index in [-0.39, 0.29) is 5.54 Å². The van der Waals surface area contributed by atoms with Crippen LogP contribution in [0.2, 0.25) is 0 Å². The Balaban J connectivity index is 2.15. The van der Waals surface area contributed by atoms with Gasteiger partial charge in [0.05, 0.1) is 4.90 Å². The molecule has 0 unspecified atom stereocenters. The summed E-state index contributed by atoms with van der Waals surface area (Å²) in [7, 11) is -1.52. The van der Waals surface area contributed by atoms with E-state index >= 15 is 0 Å². The maximum atomic E-state index is 12.3. The largest absolute Gasteiger partial charge is 0.316 e. The van der Waals surface area contributed by atoms with Gasteiger partial charge in [-0.05, 0) is 50.4 Å². The van der Waals surface area contributed by atoms with Crippen molar-refractivity contribution in [2.75, 3.05) is 7.05 Å². The van der Waals surface area contributed by atoms with Crippen molar-refractivity contribution < 1.29 is 8.42 Å². The summed E-state index contributed by atoms with van der Waals surface area (Å²) in [5.74, 6) is 0. The highest BCUT2D eigenvalue weighted by atomic mass is 32.2. The molecular weight excluding hydrogens is 260 g/mol. The predicted octanol–water partition coefficient (Wildman–Crippen LogP) is 2.02. The molecule has 0 amide bonds. The number of hydrogen-bond acceptors (Lipinski definition) is 3. The Labute approximate surface area is 115 Å². The summed E-state index contributed by atoms with van der Waals surface area (Å²) in [5.41, 5.74) is 0.873. The zero-order valence-corrected chi connectivity index (χ0v) is 12.4. The molecule has 0 saturated heterocycles. The summed E-state index contributed by atoms with van der Waals surface area (Å²) in [5, 5.41) is 3.04. The van der Waals surface area contributed by atoms with Crippen molar-refractivity contribution in [1.82, 2.24) is 10.0 Å². The zero-order valence-electron chi connectivity index (χ0n) is 11.6. The lowest BCUT2D eigenvalue weighted by molar-refractivity contribution is 0.214. The summed E-state index contributed by atoms with van der Waals surface area (Å²) in [4.78, 5) is 0.354. The van der Waals surface area contributed by atoms with E-state index in [4.69, 9.17) is 0 Å². The van der Waals surface area contributed by atoms with E-state index in [1.54, 1.807) is 12.1 Å². The van der Waals surface area contributed by atoms with E-state index in [1.165, 1.54) is 0 Å². The molecule has 106 valence electrons. The van der Waals surface area contributed by atoms with Crippen LogP contribution in [0, 0.1) is 0 Å². The zero-order chi connectivity index (χ0) is 13.9. The normalized spacial score (nSPS) is 18.0. The second kappa shape index (κ2) is 5.61. The molecule has 0 bridgehead atoms. The van der Waals surface area contributed by atoms with Gasteiger partial charge in [-0.3, -0.25) is 0 Å². The first-order valence-electron chi connectivity index (χ1n) is 6.79. The molecule has 19 heavy (non-hydrogen) atoms. The minimum absolute atomic E-state index is 0.206. The van der Waals surface area contributed by atoms with Crippen molar-refractivity contribution in [3.63, 3.8) is 0 Å². The Morgan fingerprint density at radius 3 is 2.26 bits per heavy atom. The third kappa shape index (κ3) is 3.16. The number of nitrogens with one attached hydrogen (secondary N) is 2. The van der Waals surface area contributed by atoms with Gasteiger partial charge in [-0.1, -0.05) is 19.1 Å². The molecule has 1 aliphatic carbocycles. The molecule has 1 fully saturated rings. The molecule has 2 rings (SSSR count). The quantitative estimate of drug-likeness (QED) is 0.839. The molecule has 0 aromatic heterocycles. The smallest absolute Gasteiger partial charge is 0.241 e. The Hall–Kier alpha value is -0.910. The maximum absolute atomic E-state index is 12.3. The van der Waals surface area contributed by atoms with Crippen LogP contribution in [0.5, 0.6) is 0 Å². The highest BCUT2D eigenvalue weighted by Gasteiger charge is 2.38. The molecule has 2 N–H and O–H groups in total. The molecule has 0 aliphatic heterocycles. The molecular formula is C14H22N2O2S. The second-order valence-electron chi connectivity index (χ2n) is 5.27. The lowest BCUT2D eigenvalue weighted by atomic mass is 9.76. The molecule has 1 saturated carbocycles. The van der Waals surface area contributed by atoms with Gasteiger partial charge >= 0.3 is 0 Å². The SMILES string of the molecule is CCC1(NS(=O)(=O)c2ccc(CNC)cc2)CCC1. The van der Waals surface area contributed by atoms with Crippen molar-refractivity contribution >= 4 is 10.0 Å². The fourth-order valence-corrected chi connectivity index (χ4v) is 4.00. The highest BCUT2D eigenvalue weighted by Crippen LogP contribution is 2.36. The van der Waals surface area contributed by atoms with Crippen LogP contribution >= 0.6 is 0 Å². The molecule has 4 nitrogen and oxygen atoms in total. The monoisotopic (exact) mass is 282 g/mol. The van der Waals surface area contributed by atoms with Gasteiger partial charge in [0, 0.05) is 12.1 Å². The van der Waals surface area contributed by atoms with E-state index in [0.29, 0.717) is 4.90 Å². The van der Waals surface area contributed by atoms with Gasteiger partial charge in [-0.2, -0.15) is 0 Å². The van der Waals surface area contributed by atoms with Crippen molar-refractivity contribution in [2.24, 2.45) is 0 Å². The Bertz CT molecular complexity index is 513. The molecule has 0 atom stereocenters. The van der Waals surface area contributed by atoms with Crippen LogP contribution in [0.1, 0.15) is 38.2 Å². The van der Waals surface area contributed by atoms with Crippen LogP contribution in [0.25, 0.3) is 0 Å². The standard InChI is InChI=1S/C14H22N2O2S/c1-3-14(9-4-10-14)16-19(17,18)13-7-5-12(6-8-13)11-15-2/h5-8,15-16H,3-4,9-11H2,1-2H3. The van der Waals surface area contributed by atoms with Gasteiger partial charge in [0.15, 0.2) is 0 Å². The van der Waals surface area contributed by atoms with Gasteiger partial charge in [0.25, 0.3) is 0 Å². The Morgan fingerprint density at radius 2 is 1.84 bits per heavy atom. The van der Waals surface area contributed by atoms with Crippen LogP contribution in [-0.2, 0) is 16.6 Å². The lowest BCUT2D eigenvalue weighted by Crippen LogP contribution is -2.52. The number of benzene rings is 1. The summed E-state index contributed by atoms with van der Waals surface area (Å²) < 4.78 is 27.6. The minimum Gasteiger partial charge on any atom is -0.316 e. The van der Waals surface area contributed by atoms with Gasteiger partial charge in [0.1, 0.15) is 0 Å². The van der Waals surface area contributed by atoms with Crippen molar-refractivity contribution in [3.05, 3.63) is 29.8 Å². The molecule has 0 radical (unpaired) electrons. The number of rotatable bonds is 6. The molecule has 1 aromatic rings. The average molecular weight is 282 g/mol. The highest BCUT2D eigenvalue weighted by molar-refractivity contribution is 7.89. The van der Waals surface area contributed by atoms with Gasteiger partial charge in [0.2, 0.25) is 10.0 Å². The average Bonchev–Trinajstić information content (AvgIpc) is 2.35. The van der Waals surface area contributed by atoms with Crippen molar-refractivity contribution in [1.29, 1.82) is 0 Å². The molecule has 0 spiro atoms. The van der Waals surface area contributed by atoms with Gasteiger partial charge in [-0.25, -0.2) is 13.1 Å². The van der Waals surface area contributed by atoms with E-state index in [1.807, 2.05) is 26.1 Å². The minimum atomic E-state index is -3.39. The van der Waals surface area contributed by atoms with E-state index in [9.17, 15) is 8.42 Å². The molecule has 1 aliphatic rings. The summed E-state index contributed by atoms with van der Waals surface area (Å²) in [6.45, 7) is 2.78. The van der Waals surface area contributed by atoms with Crippen molar-refractivity contribution in [3.8, 4) is 0 Å². The van der Waals surface area contributed by atoms with E-state index in [0.717, 1.165) is 37.8 Å². The molecule has 1 aromatic carbocycles. The van der Waals surface area contributed by atoms with Crippen LogP contribution in [0.4, 0.5) is 0 Å². The molecule has 0 heterocycles. The maximum Gasteiger partial charge on any atom is 0.241 e. The van der Waals surface area contributed by atoms with Crippen LogP contribution < -0.4 is 10.0 Å². The second-order valence-corrected chi connectivity index (χ2v) is 6.95. The van der Waals surface area contributed by atoms with Gasteiger partial charge in [-0.15, -0.1) is 0 Å². The van der Waals surface area contributed by atoms with Crippen LogP contribution in [0.15, 0.2) is 29.2 Å². The first kappa shape index (κ1) is 14.5. The Kier molecular flexibility index (Phi) is 4.28. The third-order valence-corrected chi connectivity index (χ3v) is 5.55. The Morgan fingerprint density at radius 1 is 1.21 bits per heavy atom. The first-order chi connectivity index (χ1) is 9.01. The lowest BCUT2D eigenvalue weighted by Gasteiger charge is -2.41. The van der Waals surface area contributed by atoms with Crippen LogP contribution in [-0.4, -0.2) is 21.0 Å².